The lowest BCUT2D eigenvalue weighted by atomic mass is 10.1. The third-order valence-electron chi connectivity index (χ3n) is 2.82. The van der Waals surface area contributed by atoms with Crippen molar-refractivity contribution in [2.24, 2.45) is 0 Å². The number of anilines is 1. The second kappa shape index (κ2) is 4.45. The smallest absolute Gasteiger partial charge is 0.136 e. The number of nitrogens with zero attached hydrogens (tertiary/aromatic N) is 1. The van der Waals surface area contributed by atoms with E-state index in [-0.39, 0.29) is 6.61 Å². The summed E-state index contributed by atoms with van der Waals surface area (Å²) in [7, 11) is 0. The zero-order valence-corrected chi connectivity index (χ0v) is 8.65. The molecule has 1 aromatic rings. The van der Waals surface area contributed by atoms with Gasteiger partial charge in [0.25, 0.3) is 0 Å². The van der Waals surface area contributed by atoms with Crippen molar-refractivity contribution in [2.75, 3.05) is 18.0 Å². The van der Waals surface area contributed by atoms with Crippen LogP contribution >= 0.6 is 0 Å². The normalized spacial score (nSPS) is 16.9. The summed E-state index contributed by atoms with van der Waals surface area (Å²) in [5.41, 5.74) is 2.00. The maximum atomic E-state index is 11.1. The highest BCUT2D eigenvalue weighted by Gasteiger charge is 2.17. The third-order valence-corrected chi connectivity index (χ3v) is 2.82. The van der Waals surface area contributed by atoms with E-state index in [0.717, 1.165) is 24.3 Å². The van der Waals surface area contributed by atoms with Gasteiger partial charge in [0, 0.05) is 37.2 Å². The quantitative estimate of drug-likeness (QED) is 0.792. The zero-order chi connectivity index (χ0) is 10.7. The molecule has 0 saturated carbocycles. The van der Waals surface area contributed by atoms with Crippen LogP contribution in [0, 0.1) is 0 Å². The predicted octanol–water partition coefficient (Wildman–Crippen LogP) is 1.35. The minimum absolute atomic E-state index is 0.0562. The minimum atomic E-state index is 0.0562. The highest BCUT2D eigenvalue weighted by atomic mass is 16.3. The zero-order valence-electron chi connectivity index (χ0n) is 8.65. The Morgan fingerprint density at radius 1 is 1.20 bits per heavy atom. The Kier molecular flexibility index (Phi) is 3.02. The number of aliphatic hydroxyl groups is 1. The minimum Gasteiger partial charge on any atom is -0.392 e. The Morgan fingerprint density at radius 2 is 1.87 bits per heavy atom. The number of piperidine rings is 1. The van der Waals surface area contributed by atoms with E-state index in [2.05, 4.69) is 4.90 Å². The number of ketones is 1. The molecule has 0 bridgehead atoms. The Morgan fingerprint density at radius 3 is 2.53 bits per heavy atom. The second-order valence-corrected chi connectivity index (χ2v) is 3.81. The van der Waals surface area contributed by atoms with Gasteiger partial charge in [0.05, 0.1) is 6.61 Å². The Balaban J connectivity index is 2.18. The van der Waals surface area contributed by atoms with Crippen molar-refractivity contribution in [3.8, 4) is 0 Å². The van der Waals surface area contributed by atoms with Crippen LogP contribution in [0.25, 0.3) is 0 Å². The molecule has 80 valence electrons. The molecule has 0 aromatic heterocycles. The lowest BCUT2D eigenvalue weighted by Gasteiger charge is -2.29. The first-order valence-electron chi connectivity index (χ1n) is 5.26. The number of carbonyl (C=O) groups is 1. The van der Waals surface area contributed by atoms with Crippen molar-refractivity contribution in [3.63, 3.8) is 0 Å². The molecule has 1 N–H and O–H groups in total. The van der Waals surface area contributed by atoms with Crippen molar-refractivity contribution in [3.05, 3.63) is 29.8 Å². The van der Waals surface area contributed by atoms with Crippen molar-refractivity contribution in [1.29, 1.82) is 0 Å². The number of benzene rings is 1. The predicted molar refractivity (Wildman–Crippen MR) is 58.8 cm³/mol. The highest BCUT2D eigenvalue weighted by Crippen LogP contribution is 2.22. The second-order valence-electron chi connectivity index (χ2n) is 3.81. The first kappa shape index (κ1) is 10.2. The molecule has 15 heavy (non-hydrogen) atoms. The van der Waals surface area contributed by atoms with Gasteiger partial charge in [0.2, 0.25) is 0 Å². The van der Waals surface area contributed by atoms with Crippen molar-refractivity contribution >= 4 is 11.5 Å². The van der Waals surface area contributed by atoms with E-state index in [4.69, 9.17) is 0 Å². The number of rotatable bonds is 2. The molecule has 1 heterocycles. The molecule has 2 rings (SSSR count). The van der Waals surface area contributed by atoms with Gasteiger partial charge in [-0.1, -0.05) is 18.2 Å². The summed E-state index contributed by atoms with van der Waals surface area (Å²) >= 11 is 0. The molecule has 1 aliphatic rings. The van der Waals surface area contributed by atoms with Gasteiger partial charge < -0.3 is 10.0 Å². The fourth-order valence-corrected chi connectivity index (χ4v) is 1.95. The molecule has 1 aromatic carbocycles. The molecule has 1 fully saturated rings. The number of aliphatic hydroxyl groups excluding tert-OH is 1. The fraction of sp³-hybridized carbons (Fsp3) is 0.417. The van der Waals surface area contributed by atoms with Gasteiger partial charge in [-0.3, -0.25) is 4.79 Å². The summed E-state index contributed by atoms with van der Waals surface area (Å²) in [5, 5.41) is 9.21. The summed E-state index contributed by atoms with van der Waals surface area (Å²) < 4.78 is 0. The number of hydrogen-bond donors (Lipinski definition) is 1. The summed E-state index contributed by atoms with van der Waals surface area (Å²) in [6, 6.07) is 7.81. The van der Waals surface area contributed by atoms with Crippen LogP contribution in [0.2, 0.25) is 0 Å². The molecule has 0 aliphatic carbocycles. The monoisotopic (exact) mass is 205 g/mol. The molecule has 3 heteroatoms. The van der Waals surface area contributed by atoms with E-state index in [9.17, 15) is 9.90 Å². The number of hydrogen-bond acceptors (Lipinski definition) is 3. The van der Waals surface area contributed by atoms with Crippen LogP contribution in [0.1, 0.15) is 18.4 Å². The van der Waals surface area contributed by atoms with Crippen molar-refractivity contribution < 1.29 is 9.90 Å². The average molecular weight is 205 g/mol. The molecule has 1 aliphatic heterocycles. The average Bonchev–Trinajstić information content (AvgIpc) is 2.30. The summed E-state index contributed by atoms with van der Waals surface area (Å²) in [6.45, 7) is 1.60. The van der Waals surface area contributed by atoms with Crippen LogP contribution in [0.15, 0.2) is 24.3 Å². The van der Waals surface area contributed by atoms with Crippen LogP contribution in [0.3, 0.4) is 0 Å². The lowest BCUT2D eigenvalue weighted by molar-refractivity contribution is -0.119. The van der Waals surface area contributed by atoms with E-state index in [1.165, 1.54) is 0 Å². The third kappa shape index (κ3) is 2.18. The number of carbonyl (C=O) groups excluding carboxylic acids is 1. The first-order valence-corrected chi connectivity index (χ1v) is 5.26. The summed E-state index contributed by atoms with van der Waals surface area (Å²) in [6.07, 6.45) is 1.25. The molecule has 0 amide bonds. The van der Waals surface area contributed by atoms with E-state index < -0.39 is 0 Å². The van der Waals surface area contributed by atoms with E-state index >= 15 is 0 Å². The Bertz CT molecular complexity index is 352. The first-order chi connectivity index (χ1) is 7.31. The Hall–Kier alpha value is -1.35. The van der Waals surface area contributed by atoms with Gasteiger partial charge in [0.1, 0.15) is 5.78 Å². The van der Waals surface area contributed by atoms with Crippen molar-refractivity contribution in [2.45, 2.75) is 19.4 Å². The molecule has 3 nitrogen and oxygen atoms in total. The SMILES string of the molecule is O=C1CCN(c2ccccc2CO)CC1. The molecular weight excluding hydrogens is 190 g/mol. The summed E-state index contributed by atoms with van der Waals surface area (Å²) in [5.74, 6) is 0.340. The van der Waals surface area contributed by atoms with Crippen LogP contribution in [-0.2, 0) is 11.4 Å². The molecule has 0 unspecified atom stereocenters. The van der Waals surface area contributed by atoms with Crippen molar-refractivity contribution in [1.82, 2.24) is 0 Å². The lowest BCUT2D eigenvalue weighted by Crippen LogP contribution is -2.34. The van der Waals surface area contributed by atoms with Gasteiger partial charge in [-0.05, 0) is 6.07 Å². The molecular formula is C12H15NO2. The topological polar surface area (TPSA) is 40.5 Å². The van der Waals surface area contributed by atoms with Gasteiger partial charge in [-0.25, -0.2) is 0 Å². The molecule has 0 atom stereocenters. The van der Waals surface area contributed by atoms with Crippen LogP contribution in [-0.4, -0.2) is 24.0 Å². The van der Waals surface area contributed by atoms with Gasteiger partial charge >= 0.3 is 0 Å². The van der Waals surface area contributed by atoms with Gasteiger partial charge in [-0.2, -0.15) is 0 Å². The van der Waals surface area contributed by atoms with Crippen LogP contribution < -0.4 is 4.90 Å². The van der Waals surface area contributed by atoms with E-state index in [0.29, 0.717) is 18.6 Å². The van der Waals surface area contributed by atoms with Gasteiger partial charge in [-0.15, -0.1) is 0 Å². The van der Waals surface area contributed by atoms with Gasteiger partial charge in [0.15, 0.2) is 0 Å². The Labute approximate surface area is 89.3 Å². The maximum absolute atomic E-state index is 11.1. The van der Waals surface area contributed by atoms with Crippen LogP contribution in [0.5, 0.6) is 0 Å². The van der Waals surface area contributed by atoms with Crippen LogP contribution in [0.4, 0.5) is 5.69 Å². The number of Topliss-reactive ketones (excluding diaryl/α,β-unsaturated/α-hetero) is 1. The summed E-state index contributed by atoms with van der Waals surface area (Å²) in [4.78, 5) is 13.3. The van der Waals surface area contributed by atoms with E-state index in [1.54, 1.807) is 0 Å². The molecule has 1 saturated heterocycles. The standard InChI is InChI=1S/C12H15NO2/c14-9-10-3-1-2-4-12(10)13-7-5-11(15)6-8-13/h1-4,14H,5-9H2. The number of para-hydroxylation sites is 1. The molecule has 0 spiro atoms. The molecule has 0 radical (unpaired) electrons. The van der Waals surface area contributed by atoms with E-state index in [1.807, 2.05) is 24.3 Å². The fourth-order valence-electron chi connectivity index (χ4n) is 1.95. The maximum Gasteiger partial charge on any atom is 0.136 e. The highest BCUT2D eigenvalue weighted by molar-refractivity contribution is 5.81. The largest absolute Gasteiger partial charge is 0.392 e.